The lowest BCUT2D eigenvalue weighted by Crippen LogP contribution is -2.42. The van der Waals surface area contributed by atoms with Gasteiger partial charge in [-0.2, -0.15) is 11.8 Å². The van der Waals surface area contributed by atoms with Crippen LogP contribution < -0.4 is 16.0 Å². The normalized spacial score (nSPS) is 12.8. The van der Waals surface area contributed by atoms with Crippen LogP contribution in [0.25, 0.3) is 0 Å². The topological polar surface area (TPSA) is 145 Å². The molecule has 0 aliphatic rings. The number of carbonyl (C=O) groups is 4. The highest BCUT2D eigenvalue weighted by Gasteiger charge is 2.24. The molecule has 0 spiro atoms. The second-order valence-electron chi connectivity index (χ2n) is 7.09. The van der Waals surface area contributed by atoms with Crippen LogP contribution in [0.2, 0.25) is 0 Å². The number of thioether (sulfide) groups is 1. The summed E-state index contributed by atoms with van der Waals surface area (Å²) in [5, 5.41) is 26.1. The molecule has 1 unspecified atom stereocenters. The molecule has 2 amide bonds. The lowest BCUT2D eigenvalue weighted by Gasteiger charge is -2.19. The molecule has 166 valence electrons. The number of carboxylic acids is 2. The van der Waals surface area contributed by atoms with Crippen molar-refractivity contribution in [2.24, 2.45) is 0 Å². The molecular weight excluding hydrogens is 410 g/mol. The predicted molar refractivity (Wildman–Crippen MR) is 115 cm³/mol. The van der Waals surface area contributed by atoms with E-state index in [0.29, 0.717) is 12.2 Å². The van der Waals surface area contributed by atoms with Gasteiger partial charge in [-0.1, -0.05) is 32.0 Å². The third-order valence-corrected chi connectivity index (χ3v) is 5.31. The first kappa shape index (κ1) is 25.4. The predicted octanol–water partition coefficient (Wildman–Crippen LogP) is 1.68. The molecule has 0 saturated carbocycles. The third kappa shape index (κ3) is 10.3. The molecule has 5 N–H and O–H groups in total. The maximum absolute atomic E-state index is 12.5. The number of hydrogen-bond acceptors (Lipinski definition) is 6. The molecular formula is C20H29N3O6S. The lowest BCUT2D eigenvalue weighted by atomic mass is 10.1. The molecule has 0 aromatic heterocycles. The Morgan fingerprint density at radius 2 is 1.73 bits per heavy atom. The Labute approximate surface area is 180 Å². The molecule has 0 heterocycles. The second-order valence-corrected chi connectivity index (χ2v) is 8.42. The van der Waals surface area contributed by atoms with E-state index in [9.17, 15) is 24.3 Å². The van der Waals surface area contributed by atoms with E-state index in [1.54, 1.807) is 12.1 Å². The number of carboxylic acid groups (broad SMARTS) is 2. The summed E-state index contributed by atoms with van der Waals surface area (Å²) in [7, 11) is 0. The van der Waals surface area contributed by atoms with Crippen molar-refractivity contribution in [1.82, 2.24) is 10.6 Å². The summed E-state index contributed by atoms with van der Waals surface area (Å²) in [5.41, 5.74) is 1.54. The summed E-state index contributed by atoms with van der Waals surface area (Å²) in [5.74, 6) is -3.22. The fraction of sp³-hybridized carbons (Fsp3) is 0.500. The highest BCUT2D eigenvalue weighted by molar-refractivity contribution is 8.00. The van der Waals surface area contributed by atoms with Gasteiger partial charge in [0.05, 0.1) is 6.42 Å². The molecule has 1 aromatic carbocycles. The van der Waals surface area contributed by atoms with Crippen LogP contribution in [-0.2, 0) is 25.7 Å². The zero-order chi connectivity index (χ0) is 22.7. The fourth-order valence-corrected chi connectivity index (χ4v) is 3.78. The molecule has 2 atom stereocenters. The summed E-state index contributed by atoms with van der Waals surface area (Å²) in [6, 6.07) is 6.43. The van der Waals surface area contributed by atoms with Crippen LogP contribution >= 0.6 is 11.8 Å². The standard InChI is InChI=1S/C20H29N3O6S/c1-12(2)21-10-14-6-4-5-7-16(14)23-18(25)8-15(9-19(26)27)30-11-17(20(28)29)22-13(3)24/h4-7,12,15,17,21H,8-11H2,1-3H3,(H,22,24)(H,23,25)(H,26,27)(H,28,29)/t15?,17-/m0/s1. The zero-order valence-corrected chi connectivity index (χ0v) is 18.1. The summed E-state index contributed by atoms with van der Waals surface area (Å²) in [4.78, 5) is 46.1. The van der Waals surface area contributed by atoms with Crippen LogP contribution in [0.1, 0.15) is 39.2 Å². The minimum absolute atomic E-state index is 0.0466. The van der Waals surface area contributed by atoms with Gasteiger partial charge in [0.15, 0.2) is 0 Å². The molecule has 0 radical (unpaired) electrons. The van der Waals surface area contributed by atoms with Crippen molar-refractivity contribution in [3.8, 4) is 0 Å². The van der Waals surface area contributed by atoms with Crippen LogP contribution in [-0.4, -0.2) is 57.1 Å². The van der Waals surface area contributed by atoms with Crippen molar-refractivity contribution in [2.75, 3.05) is 11.1 Å². The lowest BCUT2D eigenvalue weighted by molar-refractivity contribution is -0.140. The van der Waals surface area contributed by atoms with Crippen molar-refractivity contribution in [3.05, 3.63) is 29.8 Å². The van der Waals surface area contributed by atoms with E-state index >= 15 is 0 Å². The number of aliphatic carboxylic acids is 2. The van der Waals surface area contributed by atoms with E-state index in [1.807, 2.05) is 26.0 Å². The van der Waals surface area contributed by atoms with Gasteiger partial charge in [0.1, 0.15) is 6.04 Å². The largest absolute Gasteiger partial charge is 0.481 e. The Morgan fingerprint density at radius 1 is 1.07 bits per heavy atom. The first-order valence-electron chi connectivity index (χ1n) is 9.53. The number of rotatable bonds is 13. The van der Waals surface area contributed by atoms with E-state index in [2.05, 4.69) is 16.0 Å². The number of nitrogens with one attached hydrogen (secondary N) is 3. The number of hydrogen-bond donors (Lipinski definition) is 5. The van der Waals surface area contributed by atoms with Crippen LogP contribution in [0.3, 0.4) is 0 Å². The Morgan fingerprint density at radius 3 is 2.30 bits per heavy atom. The minimum Gasteiger partial charge on any atom is -0.481 e. The van der Waals surface area contributed by atoms with Gasteiger partial charge in [0.2, 0.25) is 11.8 Å². The van der Waals surface area contributed by atoms with Crippen molar-refractivity contribution in [1.29, 1.82) is 0 Å². The molecule has 9 nitrogen and oxygen atoms in total. The number of amides is 2. The van der Waals surface area contributed by atoms with E-state index < -0.39 is 29.1 Å². The smallest absolute Gasteiger partial charge is 0.327 e. The van der Waals surface area contributed by atoms with Gasteiger partial charge in [-0.15, -0.1) is 0 Å². The Hall–Kier alpha value is -2.59. The zero-order valence-electron chi connectivity index (χ0n) is 17.3. The van der Waals surface area contributed by atoms with Gasteiger partial charge in [-0.05, 0) is 11.6 Å². The molecule has 0 aliphatic carbocycles. The molecule has 10 heteroatoms. The molecule has 0 aliphatic heterocycles. The minimum atomic E-state index is -1.22. The Kier molecular flexibility index (Phi) is 10.9. The summed E-state index contributed by atoms with van der Waals surface area (Å²) < 4.78 is 0. The monoisotopic (exact) mass is 439 g/mol. The average molecular weight is 440 g/mol. The fourth-order valence-electron chi connectivity index (χ4n) is 2.56. The first-order chi connectivity index (χ1) is 14.1. The maximum atomic E-state index is 12.5. The summed E-state index contributed by atoms with van der Waals surface area (Å²) in [6.45, 7) is 5.80. The van der Waals surface area contributed by atoms with Gasteiger partial charge in [0.25, 0.3) is 0 Å². The molecule has 0 saturated heterocycles. The van der Waals surface area contributed by atoms with E-state index in [4.69, 9.17) is 5.11 Å². The van der Waals surface area contributed by atoms with Crippen molar-refractivity contribution < 1.29 is 29.4 Å². The van der Waals surface area contributed by atoms with Crippen LogP contribution in [0.5, 0.6) is 0 Å². The van der Waals surface area contributed by atoms with Crippen LogP contribution in [0.15, 0.2) is 24.3 Å². The molecule has 0 fully saturated rings. The second kappa shape index (κ2) is 12.9. The van der Waals surface area contributed by atoms with Gasteiger partial charge < -0.3 is 26.2 Å². The summed E-state index contributed by atoms with van der Waals surface area (Å²) >= 11 is 1.04. The highest BCUT2D eigenvalue weighted by atomic mass is 32.2. The molecule has 0 bridgehead atoms. The first-order valence-corrected chi connectivity index (χ1v) is 10.6. The van der Waals surface area contributed by atoms with E-state index in [0.717, 1.165) is 17.3 Å². The Bertz CT molecular complexity index is 756. The average Bonchev–Trinajstić information content (AvgIpc) is 2.63. The van der Waals surface area contributed by atoms with Gasteiger partial charge >= 0.3 is 11.9 Å². The maximum Gasteiger partial charge on any atom is 0.327 e. The third-order valence-electron chi connectivity index (χ3n) is 3.98. The number of carbonyl (C=O) groups excluding carboxylic acids is 2. The van der Waals surface area contributed by atoms with Gasteiger partial charge in [0, 0.05) is 42.6 Å². The van der Waals surface area contributed by atoms with Crippen LogP contribution in [0, 0.1) is 0 Å². The quantitative estimate of drug-likeness (QED) is 0.312. The SMILES string of the molecule is CC(=O)N[C@@H](CSC(CC(=O)O)CC(=O)Nc1ccccc1CNC(C)C)C(=O)O. The highest BCUT2D eigenvalue weighted by Crippen LogP contribution is 2.22. The van der Waals surface area contributed by atoms with Crippen molar-refractivity contribution >= 4 is 41.2 Å². The summed E-state index contributed by atoms with van der Waals surface area (Å²) in [6.07, 6.45) is -0.406. The van der Waals surface area contributed by atoms with Crippen LogP contribution in [0.4, 0.5) is 5.69 Å². The van der Waals surface area contributed by atoms with E-state index in [-0.39, 0.29) is 30.5 Å². The Balaban J connectivity index is 2.76. The van der Waals surface area contributed by atoms with Gasteiger partial charge in [-0.25, -0.2) is 4.79 Å². The van der Waals surface area contributed by atoms with E-state index in [1.165, 1.54) is 6.92 Å². The molecule has 1 aromatic rings. The number of para-hydroxylation sites is 1. The van der Waals surface area contributed by atoms with Crippen molar-refractivity contribution in [3.63, 3.8) is 0 Å². The molecule has 1 rings (SSSR count). The van der Waals surface area contributed by atoms with Gasteiger partial charge in [-0.3, -0.25) is 14.4 Å². The van der Waals surface area contributed by atoms with Crippen molar-refractivity contribution in [2.45, 2.75) is 57.5 Å². The molecule has 30 heavy (non-hydrogen) atoms. The number of anilines is 1. The number of benzene rings is 1.